The van der Waals surface area contributed by atoms with Crippen LogP contribution in [-0.2, 0) is 6.42 Å². The Balaban J connectivity index is 1.64. The molecule has 2 aliphatic carbocycles. The maximum Gasteiger partial charge on any atom is 0.249 e. The van der Waals surface area contributed by atoms with Gasteiger partial charge in [-0.1, -0.05) is 12.8 Å². The van der Waals surface area contributed by atoms with Crippen LogP contribution in [0.5, 0.6) is 5.75 Å². The zero-order valence-corrected chi connectivity index (χ0v) is 13.3. The maximum atomic E-state index is 14.0. The van der Waals surface area contributed by atoms with Crippen LogP contribution in [-0.4, -0.2) is 35.5 Å². The van der Waals surface area contributed by atoms with E-state index in [1.165, 1.54) is 50.7 Å². The molecule has 0 spiro atoms. The molecule has 1 atom stereocenters. The summed E-state index contributed by atoms with van der Waals surface area (Å²) in [6.45, 7) is 0.499. The molecule has 0 saturated heterocycles. The van der Waals surface area contributed by atoms with Gasteiger partial charge in [-0.25, -0.2) is 4.39 Å². The van der Waals surface area contributed by atoms with Crippen molar-refractivity contribution in [3.8, 4) is 5.75 Å². The van der Waals surface area contributed by atoms with Gasteiger partial charge in [-0.15, -0.1) is 0 Å². The number of fused-ring (bicyclic) bond motifs is 1. The average molecular weight is 318 g/mol. The third-order valence-corrected chi connectivity index (χ3v) is 5.75. The molecule has 0 bridgehead atoms. The largest absolute Gasteiger partial charge is 0.489 e. The molecule has 124 valence electrons. The smallest absolute Gasteiger partial charge is 0.249 e. The molecule has 1 aromatic carbocycles. The Kier molecular flexibility index (Phi) is 3.76. The van der Waals surface area contributed by atoms with Gasteiger partial charge in [0.2, 0.25) is 5.91 Å². The van der Waals surface area contributed by atoms with E-state index in [4.69, 9.17) is 10.5 Å². The monoisotopic (exact) mass is 318 g/mol. The van der Waals surface area contributed by atoms with Crippen molar-refractivity contribution < 1.29 is 13.9 Å². The van der Waals surface area contributed by atoms with E-state index in [1.807, 2.05) is 0 Å². The number of primary amides is 1. The van der Waals surface area contributed by atoms with E-state index >= 15 is 0 Å². The number of benzene rings is 1. The molecule has 1 aromatic rings. The quantitative estimate of drug-likeness (QED) is 0.928. The fourth-order valence-corrected chi connectivity index (χ4v) is 4.12. The first-order chi connectivity index (χ1) is 11.1. The lowest BCUT2D eigenvalue weighted by Crippen LogP contribution is -2.57. The van der Waals surface area contributed by atoms with E-state index in [0.29, 0.717) is 36.2 Å². The third kappa shape index (κ3) is 2.51. The molecule has 1 amide bonds. The summed E-state index contributed by atoms with van der Waals surface area (Å²) < 4.78 is 19.8. The first-order valence-corrected chi connectivity index (χ1v) is 8.66. The van der Waals surface area contributed by atoms with E-state index in [2.05, 4.69) is 4.90 Å². The second kappa shape index (κ2) is 5.78. The Hall–Kier alpha value is -1.62. The van der Waals surface area contributed by atoms with Crippen molar-refractivity contribution in [1.29, 1.82) is 0 Å². The van der Waals surface area contributed by atoms with Gasteiger partial charge < -0.3 is 10.5 Å². The Morgan fingerprint density at radius 2 is 1.78 bits per heavy atom. The van der Waals surface area contributed by atoms with Crippen molar-refractivity contribution in [2.45, 2.75) is 63.1 Å². The molecular weight excluding hydrogens is 295 g/mol. The van der Waals surface area contributed by atoms with Gasteiger partial charge in [0, 0.05) is 29.3 Å². The number of carbonyl (C=O) groups excluding carboxylic acids is 1. The summed E-state index contributed by atoms with van der Waals surface area (Å²) in [6.07, 6.45) is 8.20. The topological polar surface area (TPSA) is 55.6 Å². The summed E-state index contributed by atoms with van der Waals surface area (Å²) >= 11 is 0. The molecule has 2 saturated carbocycles. The van der Waals surface area contributed by atoms with Crippen LogP contribution in [0.2, 0.25) is 0 Å². The molecule has 4 rings (SSSR count). The molecule has 0 radical (unpaired) electrons. The summed E-state index contributed by atoms with van der Waals surface area (Å²) in [5.74, 6) is -0.689. The Bertz CT molecular complexity index is 612. The van der Waals surface area contributed by atoms with Crippen LogP contribution in [0, 0.1) is 5.82 Å². The van der Waals surface area contributed by atoms with Crippen molar-refractivity contribution in [2.75, 3.05) is 6.61 Å². The average Bonchev–Trinajstić information content (AvgIpc) is 2.42. The highest BCUT2D eigenvalue weighted by Gasteiger charge is 2.40. The number of amides is 1. The molecule has 5 heteroatoms. The lowest BCUT2D eigenvalue weighted by molar-refractivity contribution is -0.0194. The highest BCUT2D eigenvalue weighted by molar-refractivity contribution is 5.95. The normalized spacial score (nSPS) is 24.5. The number of nitrogens with zero attached hydrogens (tertiary/aromatic N) is 1. The van der Waals surface area contributed by atoms with Crippen LogP contribution in [0.15, 0.2) is 12.1 Å². The van der Waals surface area contributed by atoms with Gasteiger partial charge in [-0.05, 0) is 44.2 Å². The summed E-state index contributed by atoms with van der Waals surface area (Å²) in [5, 5.41) is 0. The number of hydrogen-bond acceptors (Lipinski definition) is 3. The molecule has 4 nitrogen and oxygen atoms in total. The lowest BCUT2D eigenvalue weighted by Gasteiger charge is -2.51. The van der Waals surface area contributed by atoms with Crippen LogP contribution in [0.25, 0.3) is 0 Å². The molecule has 3 aliphatic rings. The molecule has 1 aliphatic heterocycles. The van der Waals surface area contributed by atoms with E-state index in [1.54, 1.807) is 0 Å². The van der Waals surface area contributed by atoms with Crippen LogP contribution >= 0.6 is 0 Å². The van der Waals surface area contributed by atoms with Crippen molar-refractivity contribution in [1.82, 2.24) is 4.90 Å². The minimum Gasteiger partial charge on any atom is -0.489 e. The highest BCUT2D eigenvalue weighted by atomic mass is 19.1. The molecule has 23 heavy (non-hydrogen) atoms. The molecule has 0 unspecified atom stereocenters. The first kappa shape index (κ1) is 14.9. The van der Waals surface area contributed by atoms with E-state index in [-0.39, 0.29) is 11.8 Å². The SMILES string of the molecule is NC(=O)c1ccc(F)c2c1C[C@H](N(C1CCC1)C1CCC1)CO2. The highest BCUT2D eigenvalue weighted by Crippen LogP contribution is 2.39. The zero-order chi connectivity index (χ0) is 16.0. The summed E-state index contributed by atoms with van der Waals surface area (Å²) in [4.78, 5) is 14.3. The van der Waals surface area contributed by atoms with Gasteiger partial charge in [-0.2, -0.15) is 0 Å². The predicted octanol–water partition coefficient (Wildman–Crippen LogP) is 2.64. The summed E-state index contributed by atoms with van der Waals surface area (Å²) in [7, 11) is 0. The fourth-order valence-electron chi connectivity index (χ4n) is 4.12. The van der Waals surface area contributed by atoms with Crippen molar-refractivity contribution in [3.63, 3.8) is 0 Å². The van der Waals surface area contributed by atoms with Gasteiger partial charge >= 0.3 is 0 Å². The summed E-state index contributed by atoms with van der Waals surface area (Å²) in [5.41, 5.74) is 6.52. The van der Waals surface area contributed by atoms with Gasteiger partial charge in [0.05, 0.1) is 0 Å². The number of rotatable bonds is 4. The van der Waals surface area contributed by atoms with Crippen molar-refractivity contribution in [2.24, 2.45) is 5.73 Å². The maximum absolute atomic E-state index is 14.0. The second-order valence-corrected chi connectivity index (χ2v) is 7.05. The molecule has 1 heterocycles. The van der Waals surface area contributed by atoms with E-state index < -0.39 is 11.7 Å². The number of halogens is 1. The van der Waals surface area contributed by atoms with Crippen molar-refractivity contribution >= 4 is 5.91 Å². The van der Waals surface area contributed by atoms with Gasteiger partial charge in [0.25, 0.3) is 0 Å². The number of nitrogens with two attached hydrogens (primary N) is 1. The second-order valence-electron chi connectivity index (χ2n) is 7.05. The lowest BCUT2D eigenvalue weighted by atomic mass is 9.82. The van der Waals surface area contributed by atoms with E-state index in [0.717, 1.165) is 0 Å². The minimum absolute atomic E-state index is 0.220. The number of ether oxygens (including phenoxy) is 1. The van der Waals surface area contributed by atoms with Crippen LogP contribution < -0.4 is 10.5 Å². The number of carbonyl (C=O) groups is 1. The fraction of sp³-hybridized carbons (Fsp3) is 0.611. The standard InChI is InChI=1S/C18H23FN2O2/c19-16-8-7-14(18(20)22)15-9-13(10-23-17(15)16)21(11-3-1-4-11)12-5-2-6-12/h7-8,11-13H,1-6,9-10H2,(H2,20,22)/t13-/m0/s1. The van der Waals surface area contributed by atoms with Crippen LogP contribution in [0.1, 0.15) is 54.4 Å². The van der Waals surface area contributed by atoms with E-state index in [9.17, 15) is 9.18 Å². The minimum atomic E-state index is -0.510. The third-order valence-electron chi connectivity index (χ3n) is 5.75. The Labute approximate surface area is 135 Å². The zero-order valence-electron chi connectivity index (χ0n) is 13.3. The first-order valence-electron chi connectivity index (χ1n) is 8.66. The molecule has 2 N–H and O–H groups in total. The molecular formula is C18H23FN2O2. The molecule has 0 aromatic heterocycles. The van der Waals surface area contributed by atoms with Gasteiger partial charge in [-0.3, -0.25) is 9.69 Å². The molecule has 2 fully saturated rings. The van der Waals surface area contributed by atoms with Crippen LogP contribution in [0.4, 0.5) is 4.39 Å². The summed E-state index contributed by atoms with van der Waals surface area (Å²) in [6, 6.07) is 4.23. The van der Waals surface area contributed by atoms with Gasteiger partial charge in [0.1, 0.15) is 6.61 Å². The van der Waals surface area contributed by atoms with Crippen LogP contribution in [0.3, 0.4) is 0 Å². The van der Waals surface area contributed by atoms with Gasteiger partial charge in [0.15, 0.2) is 11.6 Å². The Morgan fingerprint density at radius 3 is 2.30 bits per heavy atom. The van der Waals surface area contributed by atoms with Crippen molar-refractivity contribution in [3.05, 3.63) is 29.1 Å². The predicted molar refractivity (Wildman–Crippen MR) is 85.0 cm³/mol. The number of hydrogen-bond donors (Lipinski definition) is 1. The Morgan fingerprint density at radius 1 is 1.13 bits per heavy atom.